The van der Waals surface area contributed by atoms with Gasteiger partial charge in [-0.2, -0.15) is 0 Å². The topological polar surface area (TPSA) is 28.6 Å². The molecule has 0 N–H and O–H groups in total. The van der Waals surface area contributed by atoms with Crippen molar-refractivity contribution in [2.45, 2.75) is 39.3 Å². The average Bonchev–Trinajstić information content (AvgIpc) is 2.64. The fourth-order valence-electron chi connectivity index (χ4n) is 3.61. The van der Waals surface area contributed by atoms with Gasteiger partial charge in [0.25, 0.3) is 0 Å². The Labute approximate surface area is 162 Å². The summed E-state index contributed by atoms with van der Waals surface area (Å²) in [6.07, 6.45) is 1.83. The van der Waals surface area contributed by atoms with Gasteiger partial charge in [-0.3, -0.25) is 4.90 Å². The number of hydrogen-bond acceptors (Lipinski definition) is 5. The van der Waals surface area contributed by atoms with Crippen LogP contribution in [0.1, 0.15) is 49.4 Å². The predicted octanol–water partition coefficient (Wildman–Crippen LogP) is 4.31. The van der Waals surface area contributed by atoms with E-state index in [1.165, 1.54) is 16.7 Å². The van der Waals surface area contributed by atoms with Crippen molar-refractivity contribution in [2.75, 3.05) is 26.2 Å². The van der Waals surface area contributed by atoms with Gasteiger partial charge in [-0.1, -0.05) is 50.9 Å². The summed E-state index contributed by atoms with van der Waals surface area (Å²) in [5, 5.41) is 0. The summed E-state index contributed by atoms with van der Waals surface area (Å²) in [5.74, 6) is 1.22. The molecule has 0 spiro atoms. The van der Waals surface area contributed by atoms with Gasteiger partial charge >= 0.3 is 0 Å². The van der Waals surface area contributed by atoms with Crippen molar-refractivity contribution < 1.29 is 4.74 Å². The Balaban J connectivity index is 1.75. The number of rotatable bonds is 6. The van der Waals surface area contributed by atoms with E-state index < -0.39 is 0 Å². The second-order valence-electron chi connectivity index (χ2n) is 7.13. The molecule has 1 atom stereocenters. The third-order valence-electron chi connectivity index (χ3n) is 4.91. The lowest BCUT2D eigenvalue weighted by Gasteiger charge is -2.40. The molecule has 0 saturated carbocycles. The molecule has 0 radical (unpaired) electrons. The van der Waals surface area contributed by atoms with E-state index in [0.717, 1.165) is 26.2 Å². The first kappa shape index (κ1) is 19.2. The Morgan fingerprint density at radius 3 is 2.81 bits per heavy atom. The quantitative estimate of drug-likeness (QED) is 0.766. The molecule has 4 nitrogen and oxygen atoms in total. The van der Waals surface area contributed by atoms with Crippen LogP contribution >= 0.6 is 12.8 Å². The Morgan fingerprint density at radius 2 is 2.04 bits per heavy atom. The molecular formula is C21H29N3OS. The molecule has 1 aromatic carbocycles. The molecule has 0 aliphatic carbocycles. The molecule has 2 aromatic rings. The van der Waals surface area contributed by atoms with Gasteiger partial charge in [0.15, 0.2) is 0 Å². The highest BCUT2D eigenvalue weighted by atomic mass is 32.1. The highest BCUT2D eigenvalue weighted by Crippen LogP contribution is 2.33. The number of thiol groups is 1. The largest absolute Gasteiger partial charge is 0.478 e. The van der Waals surface area contributed by atoms with Crippen molar-refractivity contribution in [1.29, 1.82) is 0 Å². The van der Waals surface area contributed by atoms with Crippen LogP contribution in [0.2, 0.25) is 0 Å². The smallest absolute Gasteiger partial charge is 0.213 e. The summed E-state index contributed by atoms with van der Waals surface area (Å²) in [6.45, 7) is 11.0. The monoisotopic (exact) mass is 371 g/mol. The summed E-state index contributed by atoms with van der Waals surface area (Å²) >= 11 is 4.77. The average molecular weight is 372 g/mol. The van der Waals surface area contributed by atoms with Crippen molar-refractivity contribution in [3.63, 3.8) is 0 Å². The highest BCUT2D eigenvalue weighted by Gasteiger charge is 2.28. The summed E-state index contributed by atoms with van der Waals surface area (Å²) in [6, 6.07) is 13.2. The molecule has 1 aromatic heterocycles. The van der Waals surface area contributed by atoms with Crippen LogP contribution in [0.3, 0.4) is 0 Å². The van der Waals surface area contributed by atoms with E-state index in [0.29, 0.717) is 24.4 Å². The summed E-state index contributed by atoms with van der Waals surface area (Å²) in [4.78, 5) is 6.77. The second-order valence-corrected chi connectivity index (χ2v) is 7.65. The van der Waals surface area contributed by atoms with Crippen LogP contribution in [0.25, 0.3) is 0 Å². The van der Waals surface area contributed by atoms with Crippen molar-refractivity contribution in [2.24, 2.45) is 0 Å². The maximum absolute atomic E-state index is 5.54. The van der Waals surface area contributed by atoms with E-state index in [1.807, 2.05) is 19.2 Å². The molecule has 1 fully saturated rings. The summed E-state index contributed by atoms with van der Waals surface area (Å²) < 4.78 is 7.73. The highest BCUT2D eigenvalue weighted by molar-refractivity contribution is 7.77. The van der Waals surface area contributed by atoms with Crippen LogP contribution in [-0.4, -0.2) is 40.4 Å². The predicted molar refractivity (Wildman–Crippen MR) is 110 cm³/mol. The summed E-state index contributed by atoms with van der Waals surface area (Å²) in [7, 11) is 0. The van der Waals surface area contributed by atoms with Gasteiger partial charge in [-0.05, 0) is 35.6 Å². The van der Waals surface area contributed by atoms with E-state index in [9.17, 15) is 0 Å². The van der Waals surface area contributed by atoms with Gasteiger partial charge in [0.2, 0.25) is 5.88 Å². The lowest BCUT2D eigenvalue weighted by Crippen LogP contribution is -2.44. The Morgan fingerprint density at radius 1 is 1.23 bits per heavy atom. The zero-order valence-corrected chi connectivity index (χ0v) is 16.8. The molecule has 1 aliphatic heterocycles. The van der Waals surface area contributed by atoms with Gasteiger partial charge in [0.1, 0.15) is 0 Å². The van der Waals surface area contributed by atoms with Gasteiger partial charge in [-0.15, -0.1) is 0 Å². The first-order chi connectivity index (χ1) is 12.6. The normalized spacial score (nSPS) is 19.0. The maximum Gasteiger partial charge on any atom is 0.213 e. The third kappa shape index (κ3) is 4.58. The van der Waals surface area contributed by atoms with Crippen molar-refractivity contribution in [3.05, 3.63) is 59.3 Å². The SMILES string of the molecule is CCOc1cc(CN2CCN(S)C(c3ccccc3C(C)C)C2)ccn1. The van der Waals surface area contributed by atoms with Crippen LogP contribution < -0.4 is 4.74 Å². The fraction of sp³-hybridized carbons (Fsp3) is 0.476. The lowest BCUT2D eigenvalue weighted by atomic mass is 9.91. The molecule has 3 rings (SSSR count). The number of benzene rings is 1. The number of piperazine rings is 1. The first-order valence-electron chi connectivity index (χ1n) is 9.43. The second kappa shape index (κ2) is 8.89. The molecule has 1 unspecified atom stereocenters. The van der Waals surface area contributed by atoms with E-state index >= 15 is 0 Å². The minimum atomic E-state index is 0.305. The van der Waals surface area contributed by atoms with Gasteiger partial charge < -0.3 is 4.74 Å². The third-order valence-corrected chi connectivity index (χ3v) is 5.39. The molecule has 5 heteroatoms. The van der Waals surface area contributed by atoms with Gasteiger partial charge in [-0.25, -0.2) is 9.29 Å². The molecule has 140 valence electrons. The number of hydrogen-bond donors (Lipinski definition) is 1. The number of ether oxygens (including phenoxy) is 1. The lowest BCUT2D eigenvalue weighted by molar-refractivity contribution is 0.138. The minimum Gasteiger partial charge on any atom is -0.478 e. The minimum absolute atomic E-state index is 0.305. The maximum atomic E-state index is 5.54. The first-order valence-corrected chi connectivity index (χ1v) is 9.83. The zero-order chi connectivity index (χ0) is 18.5. The van der Waals surface area contributed by atoms with Crippen LogP contribution in [0.4, 0.5) is 0 Å². The molecule has 0 bridgehead atoms. The van der Waals surface area contributed by atoms with E-state index in [2.05, 4.69) is 58.4 Å². The molecule has 1 saturated heterocycles. The summed E-state index contributed by atoms with van der Waals surface area (Å²) in [5.41, 5.74) is 4.06. The standard InChI is InChI=1S/C21H29N3OS/c1-4-25-21-13-17(9-10-22-21)14-23-11-12-24(26)20(15-23)19-8-6-5-7-18(19)16(2)3/h5-10,13,16,20,26H,4,11-12,14-15H2,1-3H3. The van der Waals surface area contributed by atoms with Gasteiger partial charge in [0, 0.05) is 38.4 Å². The molecule has 26 heavy (non-hydrogen) atoms. The molecule has 0 amide bonds. The van der Waals surface area contributed by atoms with Crippen molar-refractivity contribution >= 4 is 12.8 Å². The fourth-order valence-corrected chi connectivity index (χ4v) is 3.89. The van der Waals surface area contributed by atoms with Crippen LogP contribution in [0, 0.1) is 0 Å². The number of nitrogens with zero attached hydrogens (tertiary/aromatic N) is 3. The number of pyridine rings is 1. The van der Waals surface area contributed by atoms with Crippen LogP contribution in [-0.2, 0) is 6.54 Å². The molecule has 2 heterocycles. The Kier molecular flexibility index (Phi) is 6.57. The van der Waals surface area contributed by atoms with Crippen molar-refractivity contribution in [1.82, 2.24) is 14.2 Å². The van der Waals surface area contributed by atoms with Crippen LogP contribution in [0.15, 0.2) is 42.6 Å². The van der Waals surface area contributed by atoms with E-state index in [4.69, 9.17) is 17.6 Å². The molecule has 1 aliphatic rings. The van der Waals surface area contributed by atoms with Crippen molar-refractivity contribution in [3.8, 4) is 5.88 Å². The van der Waals surface area contributed by atoms with Crippen LogP contribution in [0.5, 0.6) is 5.88 Å². The Hall–Kier alpha value is -1.56. The van der Waals surface area contributed by atoms with Gasteiger partial charge in [0.05, 0.1) is 12.6 Å². The zero-order valence-electron chi connectivity index (χ0n) is 15.9. The molecular weight excluding hydrogens is 342 g/mol. The van der Waals surface area contributed by atoms with E-state index in [-0.39, 0.29) is 0 Å². The number of aromatic nitrogens is 1. The van der Waals surface area contributed by atoms with E-state index in [1.54, 1.807) is 0 Å². The Bertz CT molecular complexity index is 722.